The Kier molecular flexibility index (Phi) is 4.11. The molecule has 2 aliphatic rings. The van der Waals surface area contributed by atoms with E-state index in [2.05, 4.69) is 5.32 Å². The largest absolute Gasteiger partial charge is 0.454 e. The summed E-state index contributed by atoms with van der Waals surface area (Å²) in [5.74, 6) is 0.223. The fraction of sp³-hybridized carbons (Fsp3) is 0.467. The van der Waals surface area contributed by atoms with E-state index in [1.165, 1.54) is 0 Å². The second-order valence-electron chi connectivity index (χ2n) is 5.63. The van der Waals surface area contributed by atoms with Crippen molar-refractivity contribution in [3.05, 3.63) is 22.7 Å². The van der Waals surface area contributed by atoms with Crippen molar-refractivity contribution in [3.63, 3.8) is 0 Å². The average Bonchev–Trinajstić information content (AvgIpc) is 2.96. The summed E-state index contributed by atoms with van der Waals surface area (Å²) >= 11 is 6.08. The van der Waals surface area contributed by atoms with Gasteiger partial charge < -0.3 is 20.5 Å². The molecular weight excluding hydrogens is 308 g/mol. The standard InChI is InChI=1S/C15H17ClN2O4/c16-11-5-9(6-12-13(11)22-7-21-12)15(20)18-10-3-1-2-8(4-10)14(17)19/h5-6,8,10H,1-4,7H2,(H2,17,19)(H,18,20). The summed E-state index contributed by atoms with van der Waals surface area (Å²) in [5.41, 5.74) is 5.77. The van der Waals surface area contributed by atoms with Crippen LogP contribution in [0.3, 0.4) is 0 Å². The van der Waals surface area contributed by atoms with Crippen LogP contribution in [0.1, 0.15) is 36.0 Å². The fourth-order valence-corrected chi connectivity index (χ4v) is 3.21. The number of nitrogens with two attached hydrogens (primary N) is 1. The molecule has 1 heterocycles. The van der Waals surface area contributed by atoms with Crippen LogP contribution < -0.4 is 20.5 Å². The number of carbonyl (C=O) groups is 2. The van der Waals surface area contributed by atoms with Crippen molar-refractivity contribution in [2.75, 3.05) is 6.79 Å². The molecule has 1 aliphatic heterocycles. The number of nitrogens with one attached hydrogen (secondary N) is 1. The number of amides is 2. The molecule has 1 saturated carbocycles. The monoisotopic (exact) mass is 324 g/mol. The Labute approximate surface area is 132 Å². The van der Waals surface area contributed by atoms with Gasteiger partial charge in [-0.2, -0.15) is 0 Å². The second kappa shape index (κ2) is 6.04. The third kappa shape index (κ3) is 2.97. The normalized spacial score (nSPS) is 23.1. The lowest BCUT2D eigenvalue weighted by molar-refractivity contribution is -0.122. The minimum atomic E-state index is -0.301. The highest BCUT2D eigenvalue weighted by Gasteiger charge is 2.27. The first-order valence-electron chi connectivity index (χ1n) is 7.24. The van der Waals surface area contributed by atoms with Gasteiger partial charge >= 0.3 is 0 Å². The van der Waals surface area contributed by atoms with Gasteiger partial charge in [-0.3, -0.25) is 9.59 Å². The molecular formula is C15H17ClN2O4. The van der Waals surface area contributed by atoms with Gasteiger partial charge in [-0.1, -0.05) is 18.0 Å². The number of primary amides is 1. The summed E-state index contributed by atoms with van der Waals surface area (Å²) in [7, 11) is 0. The minimum Gasteiger partial charge on any atom is -0.454 e. The van der Waals surface area contributed by atoms with Gasteiger partial charge in [0.1, 0.15) is 0 Å². The second-order valence-corrected chi connectivity index (χ2v) is 6.04. The molecule has 3 N–H and O–H groups in total. The molecule has 1 aromatic rings. The van der Waals surface area contributed by atoms with Gasteiger partial charge in [0, 0.05) is 17.5 Å². The highest BCUT2D eigenvalue weighted by atomic mass is 35.5. The maximum atomic E-state index is 12.4. The molecule has 0 spiro atoms. The number of rotatable bonds is 3. The molecule has 0 saturated heterocycles. The van der Waals surface area contributed by atoms with Crippen molar-refractivity contribution in [1.82, 2.24) is 5.32 Å². The summed E-state index contributed by atoms with van der Waals surface area (Å²) in [5, 5.41) is 3.28. The Hall–Kier alpha value is -1.95. The maximum Gasteiger partial charge on any atom is 0.251 e. The zero-order valence-electron chi connectivity index (χ0n) is 11.9. The quantitative estimate of drug-likeness (QED) is 0.887. The molecule has 1 aliphatic carbocycles. The molecule has 2 amide bonds. The lowest BCUT2D eigenvalue weighted by atomic mass is 9.85. The van der Waals surface area contributed by atoms with Gasteiger partial charge in [0.05, 0.1) is 5.02 Å². The van der Waals surface area contributed by atoms with Gasteiger partial charge in [0.15, 0.2) is 11.5 Å². The van der Waals surface area contributed by atoms with Crippen LogP contribution in [-0.2, 0) is 4.79 Å². The Morgan fingerprint density at radius 1 is 1.27 bits per heavy atom. The fourth-order valence-electron chi connectivity index (χ4n) is 2.95. The van der Waals surface area contributed by atoms with E-state index in [0.29, 0.717) is 28.5 Å². The highest BCUT2D eigenvalue weighted by molar-refractivity contribution is 6.32. The van der Waals surface area contributed by atoms with E-state index in [-0.39, 0.29) is 30.6 Å². The first-order chi connectivity index (χ1) is 10.5. The first kappa shape index (κ1) is 15.0. The van der Waals surface area contributed by atoms with Gasteiger partial charge in [-0.05, 0) is 31.4 Å². The lowest BCUT2D eigenvalue weighted by Gasteiger charge is -2.28. The number of halogens is 1. The lowest BCUT2D eigenvalue weighted by Crippen LogP contribution is -2.41. The molecule has 2 unspecified atom stereocenters. The van der Waals surface area contributed by atoms with E-state index in [9.17, 15) is 9.59 Å². The molecule has 22 heavy (non-hydrogen) atoms. The van der Waals surface area contributed by atoms with E-state index >= 15 is 0 Å². The van der Waals surface area contributed by atoms with Crippen molar-refractivity contribution < 1.29 is 19.1 Å². The van der Waals surface area contributed by atoms with Crippen molar-refractivity contribution in [3.8, 4) is 11.5 Å². The Morgan fingerprint density at radius 2 is 2.09 bits per heavy atom. The van der Waals surface area contributed by atoms with Gasteiger partial charge in [0.2, 0.25) is 12.7 Å². The number of ether oxygens (including phenoxy) is 2. The van der Waals surface area contributed by atoms with Crippen molar-refractivity contribution >= 4 is 23.4 Å². The predicted molar refractivity (Wildman–Crippen MR) is 80.0 cm³/mol. The minimum absolute atomic E-state index is 0.0528. The van der Waals surface area contributed by atoms with Gasteiger partial charge in [0.25, 0.3) is 5.91 Å². The zero-order valence-corrected chi connectivity index (χ0v) is 12.7. The van der Waals surface area contributed by atoms with E-state index in [1.807, 2.05) is 0 Å². The van der Waals surface area contributed by atoms with Crippen LogP contribution in [0.2, 0.25) is 5.02 Å². The van der Waals surface area contributed by atoms with Crippen LogP contribution in [0, 0.1) is 5.92 Å². The molecule has 118 valence electrons. The van der Waals surface area contributed by atoms with Crippen LogP contribution in [-0.4, -0.2) is 24.6 Å². The summed E-state index contributed by atoms with van der Waals surface area (Å²) < 4.78 is 10.5. The number of hydrogen-bond acceptors (Lipinski definition) is 4. The summed E-state index contributed by atoms with van der Waals surface area (Å²) in [6, 6.07) is 3.11. The van der Waals surface area contributed by atoms with Gasteiger partial charge in [-0.25, -0.2) is 0 Å². The molecule has 0 bridgehead atoms. The molecule has 0 aromatic heterocycles. The topological polar surface area (TPSA) is 90.7 Å². The molecule has 1 fully saturated rings. The highest BCUT2D eigenvalue weighted by Crippen LogP contribution is 2.39. The van der Waals surface area contributed by atoms with Crippen LogP contribution in [0.15, 0.2) is 12.1 Å². The molecule has 7 heteroatoms. The predicted octanol–water partition coefficient (Wildman–Crippen LogP) is 1.84. The van der Waals surface area contributed by atoms with Crippen molar-refractivity contribution in [2.45, 2.75) is 31.7 Å². The Balaban J connectivity index is 1.70. The summed E-state index contributed by atoms with van der Waals surface area (Å²) in [4.78, 5) is 23.6. The Bertz CT molecular complexity index is 620. The van der Waals surface area contributed by atoms with E-state index < -0.39 is 0 Å². The van der Waals surface area contributed by atoms with E-state index in [0.717, 1.165) is 19.3 Å². The zero-order chi connectivity index (χ0) is 15.7. The van der Waals surface area contributed by atoms with Crippen LogP contribution in [0.25, 0.3) is 0 Å². The van der Waals surface area contributed by atoms with Gasteiger partial charge in [-0.15, -0.1) is 0 Å². The molecule has 0 radical (unpaired) electrons. The molecule has 1 aromatic carbocycles. The molecule has 3 rings (SSSR count). The van der Waals surface area contributed by atoms with Crippen molar-refractivity contribution in [1.29, 1.82) is 0 Å². The maximum absolute atomic E-state index is 12.4. The molecule has 2 atom stereocenters. The summed E-state index contributed by atoms with van der Waals surface area (Å²) in [6.45, 7) is 0.100. The number of fused-ring (bicyclic) bond motifs is 1. The summed E-state index contributed by atoms with van der Waals surface area (Å²) in [6.07, 6.45) is 3.09. The smallest absolute Gasteiger partial charge is 0.251 e. The van der Waals surface area contributed by atoms with Crippen LogP contribution in [0.5, 0.6) is 11.5 Å². The van der Waals surface area contributed by atoms with Crippen molar-refractivity contribution in [2.24, 2.45) is 11.7 Å². The third-order valence-corrected chi connectivity index (χ3v) is 4.38. The average molecular weight is 325 g/mol. The number of carbonyl (C=O) groups excluding carboxylic acids is 2. The number of hydrogen-bond donors (Lipinski definition) is 2. The third-order valence-electron chi connectivity index (χ3n) is 4.10. The van der Waals surface area contributed by atoms with Crippen LogP contribution in [0.4, 0.5) is 0 Å². The first-order valence-corrected chi connectivity index (χ1v) is 7.61. The van der Waals surface area contributed by atoms with E-state index in [4.69, 9.17) is 26.8 Å². The molecule has 6 nitrogen and oxygen atoms in total. The van der Waals surface area contributed by atoms with Crippen LogP contribution >= 0.6 is 11.6 Å². The van der Waals surface area contributed by atoms with E-state index in [1.54, 1.807) is 12.1 Å². The SMILES string of the molecule is NC(=O)C1CCCC(NC(=O)c2cc(Cl)c3c(c2)OCO3)C1. The number of benzene rings is 1. The Morgan fingerprint density at radius 3 is 2.86 bits per heavy atom.